The lowest BCUT2D eigenvalue weighted by molar-refractivity contribution is 0.115. The summed E-state index contributed by atoms with van der Waals surface area (Å²) in [5, 5.41) is 3.57. The first kappa shape index (κ1) is 12.9. The molecular weight excluding hydrogens is 190 g/mol. The molecule has 1 fully saturated rings. The van der Waals surface area contributed by atoms with E-state index in [1.165, 1.54) is 12.8 Å². The van der Waals surface area contributed by atoms with Crippen molar-refractivity contribution in [2.75, 3.05) is 26.9 Å². The van der Waals surface area contributed by atoms with Crippen LogP contribution in [-0.2, 0) is 9.47 Å². The molecule has 1 N–H and O–H groups in total. The summed E-state index contributed by atoms with van der Waals surface area (Å²) in [6, 6.07) is 0.607. The molecule has 1 rings (SSSR count). The highest BCUT2D eigenvalue weighted by atomic mass is 16.5. The minimum atomic E-state index is 0.443. The van der Waals surface area contributed by atoms with Crippen LogP contribution in [0.2, 0.25) is 0 Å². The van der Waals surface area contributed by atoms with Crippen molar-refractivity contribution >= 4 is 0 Å². The van der Waals surface area contributed by atoms with E-state index < -0.39 is 0 Å². The van der Waals surface area contributed by atoms with E-state index in [0.29, 0.717) is 18.1 Å². The van der Waals surface area contributed by atoms with Crippen LogP contribution < -0.4 is 5.32 Å². The molecule has 1 saturated heterocycles. The molecule has 0 aliphatic carbocycles. The molecule has 1 aliphatic rings. The molecule has 0 bridgehead atoms. The average molecular weight is 215 g/mol. The van der Waals surface area contributed by atoms with E-state index in [0.717, 1.165) is 26.2 Å². The Morgan fingerprint density at radius 3 is 2.87 bits per heavy atom. The van der Waals surface area contributed by atoms with E-state index in [9.17, 15) is 0 Å². The molecular formula is C12H25NO2. The SMILES string of the molecule is CCNC(CCCOC)C1COC(C)C1. The van der Waals surface area contributed by atoms with Gasteiger partial charge in [-0.2, -0.15) is 0 Å². The first-order valence-electron chi connectivity index (χ1n) is 6.11. The topological polar surface area (TPSA) is 30.5 Å². The summed E-state index contributed by atoms with van der Waals surface area (Å²) in [6.45, 7) is 7.17. The van der Waals surface area contributed by atoms with Crippen LogP contribution in [0.5, 0.6) is 0 Å². The zero-order valence-corrected chi connectivity index (χ0v) is 10.3. The molecule has 3 unspecified atom stereocenters. The van der Waals surface area contributed by atoms with Gasteiger partial charge in [0, 0.05) is 25.7 Å². The fourth-order valence-electron chi connectivity index (χ4n) is 2.34. The third kappa shape index (κ3) is 4.49. The standard InChI is InChI=1S/C12H25NO2/c1-4-13-12(6-5-7-14-3)11-8-10(2)15-9-11/h10-13H,4-9H2,1-3H3. The second-order valence-corrected chi connectivity index (χ2v) is 4.44. The molecule has 0 amide bonds. The normalized spacial score (nSPS) is 28.2. The molecule has 0 aromatic rings. The highest BCUT2D eigenvalue weighted by Crippen LogP contribution is 2.24. The summed E-state index contributed by atoms with van der Waals surface area (Å²) < 4.78 is 10.7. The van der Waals surface area contributed by atoms with Crippen LogP contribution in [0.25, 0.3) is 0 Å². The molecule has 1 heterocycles. The maximum absolute atomic E-state index is 5.63. The highest BCUT2D eigenvalue weighted by Gasteiger charge is 2.28. The van der Waals surface area contributed by atoms with Crippen molar-refractivity contribution in [2.24, 2.45) is 5.92 Å². The Labute approximate surface area is 93.5 Å². The summed E-state index contributed by atoms with van der Waals surface area (Å²) in [5.74, 6) is 0.691. The van der Waals surface area contributed by atoms with Crippen LogP contribution in [0, 0.1) is 5.92 Å². The molecule has 3 nitrogen and oxygen atoms in total. The van der Waals surface area contributed by atoms with E-state index in [1.807, 2.05) is 0 Å². The van der Waals surface area contributed by atoms with E-state index in [4.69, 9.17) is 9.47 Å². The number of hydrogen-bond acceptors (Lipinski definition) is 3. The zero-order valence-electron chi connectivity index (χ0n) is 10.3. The lowest BCUT2D eigenvalue weighted by Crippen LogP contribution is -2.36. The van der Waals surface area contributed by atoms with E-state index in [-0.39, 0.29) is 0 Å². The van der Waals surface area contributed by atoms with E-state index in [2.05, 4.69) is 19.2 Å². The Balaban J connectivity index is 2.28. The number of hydrogen-bond donors (Lipinski definition) is 1. The lowest BCUT2D eigenvalue weighted by atomic mass is 9.93. The van der Waals surface area contributed by atoms with Gasteiger partial charge in [0.15, 0.2) is 0 Å². The van der Waals surface area contributed by atoms with Crippen LogP contribution in [0.4, 0.5) is 0 Å². The molecule has 3 atom stereocenters. The molecule has 0 aromatic heterocycles. The number of methoxy groups -OCH3 is 1. The zero-order chi connectivity index (χ0) is 11.1. The van der Waals surface area contributed by atoms with Crippen molar-refractivity contribution in [3.63, 3.8) is 0 Å². The predicted molar refractivity (Wildman–Crippen MR) is 62.1 cm³/mol. The van der Waals surface area contributed by atoms with Crippen molar-refractivity contribution in [1.29, 1.82) is 0 Å². The molecule has 0 saturated carbocycles. The Morgan fingerprint density at radius 1 is 1.53 bits per heavy atom. The molecule has 90 valence electrons. The summed E-state index contributed by atoms with van der Waals surface area (Å²) in [7, 11) is 1.77. The Morgan fingerprint density at radius 2 is 2.33 bits per heavy atom. The molecule has 0 radical (unpaired) electrons. The van der Waals surface area contributed by atoms with Gasteiger partial charge in [0.1, 0.15) is 0 Å². The van der Waals surface area contributed by atoms with Crippen LogP contribution in [0.3, 0.4) is 0 Å². The third-order valence-corrected chi connectivity index (χ3v) is 3.13. The average Bonchev–Trinajstić information content (AvgIpc) is 2.64. The fourth-order valence-corrected chi connectivity index (χ4v) is 2.34. The van der Waals surface area contributed by atoms with Gasteiger partial charge in [-0.15, -0.1) is 0 Å². The first-order chi connectivity index (χ1) is 7.27. The van der Waals surface area contributed by atoms with Crippen molar-refractivity contribution in [3.05, 3.63) is 0 Å². The van der Waals surface area contributed by atoms with Gasteiger partial charge in [0.25, 0.3) is 0 Å². The second-order valence-electron chi connectivity index (χ2n) is 4.44. The largest absolute Gasteiger partial charge is 0.385 e. The Bertz CT molecular complexity index is 164. The second kappa shape index (κ2) is 7.20. The monoisotopic (exact) mass is 215 g/mol. The quantitative estimate of drug-likeness (QED) is 0.657. The molecule has 3 heteroatoms. The molecule has 1 aliphatic heterocycles. The molecule has 15 heavy (non-hydrogen) atoms. The molecule has 0 spiro atoms. The van der Waals surface area contributed by atoms with Gasteiger partial charge in [-0.25, -0.2) is 0 Å². The number of nitrogens with one attached hydrogen (secondary N) is 1. The number of ether oxygens (including phenoxy) is 2. The van der Waals surface area contributed by atoms with Crippen molar-refractivity contribution in [2.45, 2.75) is 45.3 Å². The minimum Gasteiger partial charge on any atom is -0.385 e. The minimum absolute atomic E-state index is 0.443. The maximum Gasteiger partial charge on any atom is 0.0551 e. The van der Waals surface area contributed by atoms with Gasteiger partial charge in [0.05, 0.1) is 12.7 Å². The highest BCUT2D eigenvalue weighted by molar-refractivity contribution is 4.81. The van der Waals surface area contributed by atoms with Crippen LogP contribution in [0.15, 0.2) is 0 Å². The first-order valence-corrected chi connectivity index (χ1v) is 6.11. The summed E-state index contributed by atoms with van der Waals surface area (Å²) in [4.78, 5) is 0. The van der Waals surface area contributed by atoms with Gasteiger partial charge in [0.2, 0.25) is 0 Å². The van der Waals surface area contributed by atoms with Crippen molar-refractivity contribution < 1.29 is 9.47 Å². The lowest BCUT2D eigenvalue weighted by Gasteiger charge is -2.23. The van der Waals surface area contributed by atoms with Crippen LogP contribution in [0.1, 0.15) is 33.1 Å². The van der Waals surface area contributed by atoms with Gasteiger partial charge >= 0.3 is 0 Å². The summed E-state index contributed by atoms with van der Waals surface area (Å²) in [6.07, 6.45) is 3.98. The van der Waals surface area contributed by atoms with E-state index in [1.54, 1.807) is 7.11 Å². The van der Waals surface area contributed by atoms with Gasteiger partial charge in [-0.1, -0.05) is 6.92 Å². The van der Waals surface area contributed by atoms with Crippen molar-refractivity contribution in [3.8, 4) is 0 Å². The van der Waals surface area contributed by atoms with Gasteiger partial charge in [-0.05, 0) is 32.7 Å². The summed E-state index contributed by atoms with van der Waals surface area (Å²) in [5.41, 5.74) is 0. The number of rotatable bonds is 7. The van der Waals surface area contributed by atoms with Crippen LogP contribution in [-0.4, -0.2) is 39.0 Å². The fraction of sp³-hybridized carbons (Fsp3) is 1.00. The Kier molecular flexibility index (Phi) is 6.22. The third-order valence-electron chi connectivity index (χ3n) is 3.13. The van der Waals surface area contributed by atoms with Crippen molar-refractivity contribution in [1.82, 2.24) is 5.32 Å². The maximum atomic E-state index is 5.63. The van der Waals surface area contributed by atoms with Gasteiger partial charge < -0.3 is 14.8 Å². The van der Waals surface area contributed by atoms with E-state index >= 15 is 0 Å². The summed E-state index contributed by atoms with van der Waals surface area (Å²) >= 11 is 0. The van der Waals surface area contributed by atoms with Gasteiger partial charge in [-0.3, -0.25) is 0 Å². The smallest absolute Gasteiger partial charge is 0.0551 e. The Hall–Kier alpha value is -0.120. The van der Waals surface area contributed by atoms with Crippen LogP contribution >= 0.6 is 0 Å². The molecule has 0 aromatic carbocycles. The predicted octanol–water partition coefficient (Wildman–Crippen LogP) is 1.82.